The number of aliphatic hydroxyl groups excluding tert-OH is 1. The van der Waals surface area contributed by atoms with Crippen molar-refractivity contribution in [1.82, 2.24) is 19.2 Å². The minimum absolute atomic E-state index is 0.00307. The van der Waals surface area contributed by atoms with Gasteiger partial charge in [0.05, 0.1) is 23.9 Å². The van der Waals surface area contributed by atoms with Crippen molar-refractivity contribution < 1.29 is 24.2 Å². The van der Waals surface area contributed by atoms with Crippen LogP contribution < -0.4 is 9.47 Å². The lowest BCUT2D eigenvalue weighted by Crippen LogP contribution is -2.35. The number of pyridine rings is 1. The fourth-order valence-electron chi connectivity index (χ4n) is 5.26. The van der Waals surface area contributed by atoms with Crippen molar-refractivity contribution in [2.24, 2.45) is 0 Å². The van der Waals surface area contributed by atoms with Crippen molar-refractivity contribution in [3.63, 3.8) is 0 Å². The molecule has 218 valence electrons. The highest BCUT2D eigenvalue weighted by Gasteiger charge is 2.46. The number of hydrogen-bond donors (Lipinski definition) is 1. The van der Waals surface area contributed by atoms with Crippen molar-refractivity contribution in [3.05, 3.63) is 101 Å². The normalized spacial score (nSPS) is 16.5. The summed E-state index contributed by atoms with van der Waals surface area (Å²) in [5, 5.41) is 11.7. The predicted octanol–water partition coefficient (Wildman–Crippen LogP) is 4.91. The van der Waals surface area contributed by atoms with Gasteiger partial charge in [0, 0.05) is 19.3 Å². The largest absolute Gasteiger partial charge is 0.505 e. The van der Waals surface area contributed by atoms with E-state index < -0.39 is 17.7 Å². The highest BCUT2D eigenvalue weighted by atomic mass is 16.5. The molecule has 9 heteroatoms. The maximum atomic E-state index is 13.6. The molecule has 1 saturated heterocycles. The summed E-state index contributed by atoms with van der Waals surface area (Å²) in [6.07, 6.45) is 1.86. The molecule has 1 fully saturated rings. The summed E-state index contributed by atoms with van der Waals surface area (Å²) in [4.78, 5) is 35.1. The van der Waals surface area contributed by atoms with Crippen molar-refractivity contribution in [1.29, 1.82) is 0 Å². The fraction of sp³-hybridized carbons (Fsp3) is 0.303. The molecule has 0 aliphatic carbocycles. The number of aryl methyl sites for hydroxylation is 2. The highest BCUT2D eigenvalue weighted by molar-refractivity contribution is 6.46. The molecule has 1 unspecified atom stereocenters. The topological polar surface area (TPSA) is 96.6 Å². The van der Waals surface area contributed by atoms with Crippen LogP contribution in [0.15, 0.2) is 72.4 Å². The van der Waals surface area contributed by atoms with E-state index >= 15 is 0 Å². The Morgan fingerprint density at radius 2 is 1.76 bits per heavy atom. The molecule has 2 aromatic carbocycles. The smallest absolute Gasteiger partial charge is 0.295 e. The molecule has 1 amide bonds. The van der Waals surface area contributed by atoms with Crippen LogP contribution in [0, 0.1) is 13.8 Å². The number of rotatable bonds is 10. The first-order valence-electron chi connectivity index (χ1n) is 14.0. The zero-order valence-corrected chi connectivity index (χ0v) is 24.6. The Hall–Kier alpha value is -4.63. The first-order valence-corrected chi connectivity index (χ1v) is 14.0. The van der Waals surface area contributed by atoms with Crippen LogP contribution in [0.2, 0.25) is 0 Å². The van der Waals surface area contributed by atoms with E-state index in [1.54, 1.807) is 12.1 Å². The predicted molar refractivity (Wildman–Crippen MR) is 161 cm³/mol. The summed E-state index contributed by atoms with van der Waals surface area (Å²) in [6, 6.07) is 18.2. The summed E-state index contributed by atoms with van der Waals surface area (Å²) in [7, 11) is 3.81. The minimum atomic E-state index is -0.836. The SMILES string of the molecule is CCOc1cc(C2/C(=C(\O)c3nc4c(C)cccn4c3C)C(=O)C(=O)N2CCN(C)C)ccc1OCc1ccccc1. The number of Topliss-reactive ketones (excluding diaryl/α,β-unsaturated/α-hetero) is 1. The second kappa shape index (κ2) is 12.1. The number of carbonyl (C=O) groups is 2. The minimum Gasteiger partial charge on any atom is -0.505 e. The Balaban J connectivity index is 1.61. The first-order chi connectivity index (χ1) is 20.2. The van der Waals surface area contributed by atoms with Crippen molar-refractivity contribution in [2.45, 2.75) is 33.4 Å². The molecular weight excluding hydrogens is 532 g/mol. The lowest BCUT2D eigenvalue weighted by Gasteiger charge is -2.27. The standard InChI is InChI=1S/C33H36N4O5/c1-6-41-26-19-24(14-15-25(26)42-20-23-12-8-7-9-13-23)29-27(31(39)33(40)37(29)18-17-35(4)5)30(38)28-22(3)36-16-10-11-21(2)32(36)34-28/h7-16,19,29,38H,6,17-18,20H2,1-5H3/b30-27+. The lowest BCUT2D eigenvalue weighted by molar-refractivity contribution is -0.140. The van der Waals surface area contributed by atoms with Crippen LogP contribution in [0.1, 0.15) is 41.0 Å². The highest BCUT2D eigenvalue weighted by Crippen LogP contribution is 2.42. The molecule has 0 spiro atoms. The van der Waals surface area contributed by atoms with Gasteiger partial charge in [0.15, 0.2) is 17.3 Å². The molecule has 9 nitrogen and oxygen atoms in total. The second-order valence-corrected chi connectivity index (χ2v) is 10.6. The molecule has 1 aliphatic rings. The van der Waals surface area contributed by atoms with Gasteiger partial charge in [0.25, 0.3) is 11.7 Å². The van der Waals surface area contributed by atoms with E-state index in [1.165, 1.54) is 4.90 Å². The van der Waals surface area contributed by atoms with E-state index in [1.807, 2.05) is 98.9 Å². The molecule has 1 atom stereocenters. The Morgan fingerprint density at radius 3 is 2.45 bits per heavy atom. The van der Waals surface area contributed by atoms with E-state index in [4.69, 9.17) is 9.47 Å². The summed E-state index contributed by atoms with van der Waals surface area (Å²) in [5.74, 6) is -0.672. The number of amides is 1. The van der Waals surface area contributed by atoms with Gasteiger partial charge in [0.2, 0.25) is 0 Å². The van der Waals surface area contributed by atoms with Gasteiger partial charge >= 0.3 is 0 Å². The first kappa shape index (κ1) is 28.9. The molecular formula is C33H36N4O5. The Kier molecular flexibility index (Phi) is 8.31. The monoisotopic (exact) mass is 568 g/mol. The van der Waals surface area contributed by atoms with Gasteiger partial charge in [-0.2, -0.15) is 0 Å². The summed E-state index contributed by atoms with van der Waals surface area (Å²) >= 11 is 0. The van der Waals surface area contributed by atoms with Gasteiger partial charge in [-0.3, -0.25) is 9.59 Å². The number of ketones is 1. The molecule has 0 radical (unpaired) electrons. The van der Waals surface area contributed by atoms with Crippen LogP contribution >= 0.6 is 0 Å². The van der Waals surface area contributed by atoms with Gasteiger partial charge in [-0.05, 0) is 69.8 Å². The van der Waals surface area contributed by atoms with Gasteiger partial charge < -0.3 is 28.8 Å². The van der Waals surface area contributed by atoms with E-state index in [-0.39, 0.29) is 17.0 Å². The number of nitrogens with zero attached hydrogens (tertiary/aromatic N) is 4. The quantitative estimate of drug-likeness (QED) is 0.165. The molecule has 1 aliphatic heterocycles. The Morgan fingerprint density at radius 1 is 1.00 bits per heavy atom. The molecule has 2 aromatic heterocycles. The van der Waals surface area contributed by atoms with Gasteiger partial charge in [-0.15, -0.1) is 0 Å². The summed E-state index contributed by atoms with van der Waals surface area (Å²) in [6.45, 7) is 7.22. The number of hydrogen-bond acceptors (Lipinski definition) is 7. The second-order valence-electron chi connectivity index (χ2n) is 10.6. The molecule has 0 bridgehead atoms. The maximum Gasteiger partial charge on any atom is 0.295 e. The van der Waals surface area contributed by atoms with E-state index in [0.29, 0.717) is 54.7 Å². The zero-order chi connectivity index (χ0) is 30.0. The Bertz CT molecular complexity index is 1660. The van der Waals surface area contributed by atoms with E-state index in [2.05, 4.69) is 4.98 Å². The van der Waals surface area contributed by atoms with Crippen LogP contribution in [0.3, 0.4) is 0 Å². The summed E-state index contributed by atoms with van der Waals surface area (Å²) in [5.41, 5.74) is 4.19. The van der Waals surface area contributed by atoms with Gasteiger partial charge in [-0.1, -0.05) is 42.5 Å². The van der Waals surface area contributed by atoms with Crippen LogP contribution in [0.4, 0.5) is 0 Å². The Labute approximate surface area is 245 Å². The van der Waals surface area contributed by atoms with E-state index in [0.717, 1.165) is 11.1 Å². The van der Waals surface area contributed by atoms with Crippen LogP contribution in [0.5, 0.6) is 11.5 Å². The number of benzene rings is 2. The van der Waals surface area contributed by atoms with Gasteiger partial charge in [0.1, 0.15) is 17.9 Å². The number of ether oxygens (including phenoxy) is 2. The number of likely N-dealkylation sites (N-methyl/N-ethyl adjacent to an activating group) is 1. The average molecular weight is 569 g/mol. The lowest BCUT2D eigenvalue weighted by atomic mass is 9.96. The molecule has 3 heterocycles. The van der Waals surface area contributed by atoms with Crippen LogP contribution in [0.25, 0.3) is 11.4 Å². The summed E-state index contributed by atoms with van der Waals surface area (Å²) < 4.78 is 13.9. The molecule has 0 saturated carbocycles. The molecule has 1 N–H and O–H groups in total. The maximum absolute atomic E-state index is 13.6. The molecule has 5 rings (SSSR count). The van der Waals surface area contributed by atoms with Crippen molar-refractivity contribution >= 4 is 23.1 Å². The van der Waals surface area contributed by atoms with E-state index in [9.17, 15) is 14.7 Å². The fourth-order valence-corrected chi connectivity index (χ4v) is 5.26. The number of likely N-dealkylation sites (tertiary alicyclic amines) is 1. The van der Waals surface area contributed by atoms with Crippen LogP contribution in [-0.2, 0) is 16.2 Å². The van der Waals surface area contributed by atoms with Crippen LogP contribution in [-0.4, -0.2) is 69.8 Å². The van der Waals surface area contributed by atoms with Crippen molar-refractivity contribution in [3.8, 4) is 11.5 Å². The molecule has 4 aromatic rings. The van der Waals surface area contributed by atoms with Gasteiger partial charge in [-0.25, -0.2) is 4.98 Å². The number of imidazole rings is 1. The zero-order valence-electron chi connectivity index (χ0n) is 24.6. The number of aromatic nitrogens is 2. The third-order valence-corrected chi connectivity index (χ3v) is 7.46. The number of carbonyl (C=O) groups excluding carboxylic acids is 2. The number of aliphatic hydroxyl groups is 1. The van der Waals surface area contributed by atoms with Crippen molar-refractivity contribution in [2.75, 3.05) is 33.8 Å². The third-order valence-electron chi connectivity index (χ3n) is 7.46. The average Bonchev–Trinajstić information content (AvgIpc) is 3.45. The third kappa shape index (κ3) is 5.47. The molecule has 42 heavy (non-hydrogen) atoms. The number of fused-ring (bicyclic) bond motifs is 1.